The van der Waals surface area contributed by atoms with Crippen LogP contribution in [0.3, 0.4) is 0 Å². The lowest BCUT2D eigenvalue weighted by Gasteiger charge is -2.31. The van der Waals surface area contributed by atoms with Crippen LogP contribution in [0.1, 0.15) is 39.2 Å². The summed E-state index contributed by atoms with van der Waals surface area (Å²) in [5.41, 5.74) is 2.22. The molecule has 1 fully saturated rings. The van der Waals surface area contributed by atoms with Gasteiger partial charge in [0.1, 0.15) is 5.60 Å². The highest BCUT2D eigenvalue weighted by molar-refractivity contribution is 5.90. The number of hydrogen-bond donors (Lipinski definition) is 0. The summed E-state index contributed by atoms with van der Waals surface area (Å²) in [5, 5.41) is 2.54. The van der Waals surface area contributed by atoms with Gasteiger partial charge in [0.15, 0.2) is 0 Å². The lowest BCUT2D eigenvalue weighted by molar-refractivity contribution is 0.0237. The molecule has 0 aliphatic carbocycles. The fourth-order valence-electron chi connectivity index (χ4n) is 3.04. The van der Waals surface area contributed by atoms with Crippen molar-refractivity contribution in [2.24, 2.45) is 0 Å². The van der Waals surface area contributed by atoms with E-state index in [0.29, 0.717) is 0 Å². The third kappa shape index (κ3) is 3.97. The van der Waals surface area contributed by atoms with E-state index >= 15 is 0 Å². The molecule has 0 spiro atoms. The first kappa shape index (κ1) is 16.6. The summed E-state index contributed by atoms with van der Waals surface area (Å²) >= 11 is 0. The summed E-state index contributed by atoms with van der Waals surface area (Å²) in [6.07, 6.45) is 3.89. The number of likely N-dealkylation sites (tertiary alicyclic amines) is 1. The van der Waals surface area contributed by atoms with E-state index in [2.05, 4.69) is 48.5 Å². The van der Waals surface area contributed by atoms with Crippen LogP contribution in [-0.4, -0.2) is 29.7 Å². The van der Waals surface area contributed by atoms with Gasteiger partial charge in [-0.25, -0.2) is 4.79 Å². The standard InChI is InChI=1S/C21H25NO2/c1-21(2,3)24-20(23)22-13-11-16(12-14-22)15-18-9-6-8-17-7-4-5-10-19(17)18/h4-10,15H,11-14H2,1-3H3. The second-order valence-corrected chi connectivity index (χ2v) is 7.34. The summed E-state index contributed by atoms with van der Waals surface area (Å²) in [7, 11) is 0. The molecule has 2 aromatic carbocycles. The number of fused-ring (bicyclic) bond motifs is 1. The SMILES string of the molecule is CC(C)(C)OC(=O)N1CCC(=Cc2cccc3ccccc23)CC1. The number of amides is 1. The van der Waals surface area contributed by atoms with Crippen LogP contribution in [0.5, 0.6) is 0 Å². The van der Waals surface area contributed by atoms with E-state index in [0.717, 1.165) is 25.9 Å². The lowest BCUT2D eigenvalue weighted by Crippen LogP contribution is -2.40. The van der Waals surface area contributed by atoms with Crippen LogP contribution < -0.4 is 0 Å². The molecule has 0 aromatic heterocycles. The van der Waals surface area contributed by atoms with Crippen LogP contribution in [0.25, 0.3) is 16.8 Å². The van der Waals surface area contributed by atoms with Gasteiger partial charge in [-0.3, -0.25) is 0 Å². The number of rotatable bonds is 1. The Hall–Kier alpha value is -2.29. The Labute approximate surface area is 143 Å². The monoisotopic (exact) mass is 323 g/mol. The molecule has 0 bridgehead atoms. The van der Waals surface area contributed by atoms with Crippen molar-refractivity contribution in [2.45, 2.75) is 39.2 Å². The molecule has 1 aliphatic rings. The van der Waals surface area contributed by atoms with E-state index < -0.39 is 5.60 Å². The van der Waals surface area contributed by atoms with Crippen LogP contribution in [0, 0.1) is 0 Å². The largest absolute Gasteiger partial charge is 0.444 e. The maximum atomic E-state index is 12.1. The van der Waals surface area contributed by atoms with Crippen LogP contribution in [-0.2, 0) is 4.74 Å². The molecule has 0 N–H and O–H groups in total. The predicted octanol–water partition coefficient (Wildman–Crippen LogP) is 5.25. The molecule has 1 heterocycles. The van der Waals surface area contributed by atoms with Gasteiger partial charge in [0.2, 0.25) is 0 Å². The molecule has 0 atom stereocenters. The van der Waals surface area contributed by atoms with Crippen molar-refractivity contribution in [3.8, 4) is 0 Å². The van der Waals surface area contributed by atoms with Crippen LogP contribution in [0.4, 0.5) is 4.79 Å². The van der Waals surface area contributed by atoms with E-state index in [-0.39, 0.29) is 6.09 Å². The molecule has 0 radical (unpaired) electrons. The molecular formula is C21H25NO2. The quantitative estimate of drug-likeness (QED) is 0.717. The minimum Gasteiger partial charge on any atom is -0.444 e. The second kappa shape index (κ2) is 6.68. The van der Waals surface area contributed by atoms with E-state index in [9.17, 15) is 4.79 Å². The average molecular weight is 323 g/mol. The summed E-state index contributed by atoms with van der Waals surface area (Å²) < 4.78 is 5.46. The predicted molar refractivity (Wildman–Crippen MR) is 99.0 cm³/mol. The molecule has 1 aliphatic heterocycles. The van der Waals surface area contributed by atoms with Crippen molar-refractivity contribution < 1.29 is 9.53 Å². The molecular weight excluding hydrogens is 298 g/mol. The van der Waals surface area contributed by atoms with Gasteiger partial charge in [0.25, 0.3) is 0 Å². The highest BCUT2D eigenvalue weighted by atomic mass is 16.6. The van der Waals surface area contributed by atoms with Gasteiger partial charge in [-0.15, -0.1) is 0 Å². The van der Waals surface area contributed by atoms with E-state index in [1.165, 1.54) is 21.9 Å². The number of hydrogen-bond acceptors (Lipinski definition) is 2. The molecule has 3 rings (SSSR count). The Kier molecular flexibility index (Phi) is 4.61. The van der Waals surface area contributed by atoms with Crippen molar-refractivity contribution >= 4 is 22.9 Å². The van der Waals surface area contributed by atoms with E-state index in [1.54, 1.807) is 0 Å². The Morgan fingerprint density at radius 3 is 2.42 bits per heavy atom. The van der Waals surface area contributed by atoms with Crippen molar-refractivity contribution in [3.63, 3.8) is 0 Å². The highest BCUT2D eigenvalue weighted by Gasteiger charge is 2.24. The second-order valence-electron chi connectivity index (χ2n) is 7.34. The average Bonchev–Trinajstić information content (AvgIpc) is 2.54. The van der Waals surface area contributed by atoms with Gasteiger partial charge < -0.3 is 9.64 Å². The van der Waals surface area contributed by atoms with Crippen molar-refractivity contribution in [3.05, 3.63) is 53.6 Å². The maximum Gasteiger partial charge on any atom is 0.410 e. The molecule has 0 saturated carbocycles. The number of benzene rings is 2. The number of carbonyl (C=O) groups excluding carboxylic acids is 1. The maximum absolute atomic E-state index is 12.1. The number of ether oxygens (including phenoxy) is 1. The normalized spacial score (nSPS) is 15.5. The fraction of sp³-hybridized carbons (Fsp3) is 0.381. The summed E-state index contributed by atoms with van der Waals surface area (Å²) in [5.74, 6) is 0. The van der Waals surface area contributed by atoms with Crippen LogP contribution in [0.2, 0.25) is 0 Å². The van der Waals surface area contributed by atoms with Gasteiger partial charge in [0, 0.05) is 13.1 Å². The topological polar surface area (TPSA) is 29.5 Å². The summed E-state index contributed by atoms with van der Waals surface area (Å²) in [4.78, 5) is 13.9. The third-order valence-electron chi connectivity index (χ3n) is 4.24. The van der Waals surface area contributed by atoms with Crippen LogP contribution >= 0.6 is 0 Å². The van der Waals surface area contributed by atoms with Gasteiger partial charge in [-0.2, -0.15) is 0 Å². The van der Waals surface area contributed by atoms with Crippen molar-refractivity contribution in [1.82, 2.24) is 4.90 Å². The van der Waals surface area contributed by atoms with E-state index in [1.807, 2.05) is 25.7 Å². The molecule has 3 heteroatoms. The fourth-order valence-corrected chi connectivity index (χ4v) is 3.04. The Morgan fingerprint density at radius 2 is 1.71 bits per heavy atom. The van der Waals surface area contributed by atoms with Gasteiger partial charge in [-0.1, -0.05) is 54.1 Å². The molecule has 3 nitrogen and oxygen atoms in total. The first-order valence-electron chi connectivity index (χ1n) is 8.57. The zero-order chi connectivity index (χ0) is 17.2. The Bertz CT molecular complexity index is 755. The van der Waals surface area contributed by atoms with Gasteiger partial charge in [0.05, 0.1) is 0 Å². The lowest BCUT2D eigenvalue weighted by atomic mass is 9.98. The van der Waals surface area contributed by atoms with Crippen molar-refractivity contribution in [2.75, 3.05) is 13.1 Å². The number of piperidine rings is 1. The molecule has 126 valence electrons. The molecule has 2 aromatic rings. The zero-order valence-electron chi connectivity index (χ0n) is 14.7. The smallest absolute Gasteiger partial charge is 0.410 e. The first-order valence-corrected chi connectivity index (χ1v) is 8.57. The minimum atomic E-state index is -0.434. The molecule has 0 unspecified atom stereocenters. The molecule has 24 heavy (non-hydrogen) atoms. The Balaban J connectivity index is 1.70. The number of nitrogens with zero attached hydrogens (tertiary/aromatic N) is 1. The van der Waals surface area contributed by atoms with Crippen molar-refractivity contribution in [1.29, 1.82) is 0 Å². The Morgan fingerprint density at radius 1 is 1.04 bits per heavy atom. The van der Waals surface area contributed by atoms with Crippen LogP contribution in [0.15, 0.2) is 48.0 Å². The first-order chi connectivity index (χ1) is 11.4. The van der Waals surface area contributed by atoms with Gasteiger partial charge in [-0.05, 0) is 49.9 Å². The summed E-state index contributed by atoms with van der Waals surface area (Å²) in [6, 6.07) is 14.9. The summed E-state index contributed by atoms with van der Waals surface area (Å²) in [6.45, 7) is 7.17. The van der Waals surface area contributed by atoms with Gasteiger partial charge >= 0.3 is 6.09 Å². The van der Waals surface area contributed by atoms with E-state index in [4.69, 9.17) is 4.74 Å². The molecule has 1 amide bonds. The molecule has 1 saturated heterocycles. The third-order valence-corrected chi connectivity index (χ3v) is 4.24. The highest BCUT2D eigenvalue weighted by Crippen LogP contribution is 2.25. The minimum absolute atomic E-state index is 0.202. The zero-order valence-corrected chi connectivity index (χ0v) is 14.7. The number of carbonyl (C=O) groups is 1.